The van der Waals surface area contributed by atoms with Crippen molar-refractivity contribution in [3.63, 3.8) is 0 Å². The lowest BCUT2D eigenvalue weighted by molar-refractivity contribution is -0.117. The number of nitrogens with one attached hydrogen (secondary N) is 1. The summed E-state index contributed by atoms with van der Waals surface area (Å²) in [5.74, 6) is -1.32. The number of benzene rings is 1. The Morgan fingerprint density at radius 3 is 2.59 bits per heavy atom. The molecule has 2 aliphatic rings. The van der Waals surface area contributed by atoms with Crippen molar-refractivity contribution in [2.24, 2.45) is 5.92 Å². The summed E-state index contributed by atoms with van der Waals surface area (Å²) in [4.78, 5) is 26.0. The number of aromatic hydroxyl groups is 1. The number of halogens is 1. The second-order valence-corrected chi connectivity index (χ2v) is 10.6. The molecule has 176 valence electrons. The molecule has 0 radical (unpaired) electrons. The van der Waals surface area contributed by atoms with Gasteiger partial charge in [-0.1, -0.05) is 19.9 Å². The Bertz CT molecular complexity index is 973. The fourth-order valence-corrected chi connectivity index (χ4v) is 4.63. The molecular formula is C22H30FN3O5S. The van der Waals surface area contributed by atoms with Crippen LogP contribution in [0, 0.1) is 11.7 Å². The second-order valence-electron chi connectivity index (χ2n) is 9.44. The highest BCUT2D eigenvalue weighted by Gasteiger charge is 2.36. The van der Waals surface area contributed by atoms with Crippen molar-refractivity contribution in [3.05, 3.63) is 29.6 Å². The molecule has 32 heavy (non-hydrogen) atoms. The zero-order valence-electron chi connectivity index (χ0n) is 19.0. The first-order valence-corrected chi connectivity index (χ1v) is 11.7. The Labute approximate surface area is 190 Å². The molecule has 1 aromatic rings. The minimum Gasteiger partial charge on any atom is -0.506 e. The van der Waals surface area contributed by atoms with E-state index in [1.807, 2.05) is 6.08 Å². The lowest BCUT2D eigenvalue weighted by Crippen LogP contribution is -2.40. The van der Waals surface area contributed by atoms with Crippen LogP contribution in [0.4, 0.5) is 14.9 Å². The van der Waals surface area contributed by atoms with Crippen LogP contribution in [-0.2, 0) is 20.7 Å². The van der Waals surface area contributed by atoms with Gasteiger partial charge in [-0.25, -0.2) is 13.4 Å². The molecule has 1 fully saturated rings. The summed E-state index contributed by atoms with van der Waals surface area (Å²) in [5.41, 5.74) is -0.240. The normalized spacial score (nSPS) is 21.2. The molecule has 8 nitrogen and oxygen atoms in total. The van der Waals surface area contributed by atoms with E-state index in [1.54, 1.807) is 25.7 Å². The quantitative estimate of drug-likeness (QED) is 0.691. The molecule has 0 saturated carbocycles. The number of hydrogen-bond donors (Lipinski definition) is 2. The lowest BCUT2D eigenvalue weighted by atomic mass is 10.0. The smallest absolute Gasteiger partial charge is 0.411 e. The van der Waals surface area contributed by atoms with E-state index in [4.69, 9.17) is 4.74 Å². The zero-order valence-corrected chi connectivity index (χ0v) is 19.8. The molecule has 2 aliphatic heterocycles. The average Bonchev–Trinajstić information content (AvgIpc) is 3.22. The standard InChI is InChI=1S/C22H30FN3O5S/c1-13(2)6-7-15-10-14(11-25(15)21(29)31-22(3,4)5)16-8-9-17(27)20(19(16)23)26-12-18(28)24-32(26)30/h8-10,13,15,27H,6-7,11-12H2,1-5H3,(H,24,28). The second kappa shape index (κ2) is 9.09. The van der Waals surface area contributed by atoms with Gasteiger partial charge in [-0.2, -0.15) is 0 Å². The molecule has 1 saturated heterocycles. The topological polar surface area (TPSA) is 99.2 Å². The van der Waals surface area contributed by atoms with Crippen LogP contribution in [-0.4, -0.2) is 50.9 Å². The Kier molecular flexibility index (Phi) is 6.83. The van der Waals surface area contributed by atoms with Gasteiger partial charge in [-0.05, 0) is 57.2 Å². The molecule has 2 unspecified atom stereocenters. The maximum Gasteiger partial charge on any atom is 0.411 e. The van der Waals surface area contributed by atoms with E-state index in [9.17, 15) is 18.9 Å². The van der Waals surface area contributed by atoms with E-state index < -0.39 is 40.3 Å². The molecule has 2 N–H and O–H groups in total. The molecule has 0 spiro atoms. The Morgan fingerprint density at radius 1 is 1.34 bits per heavy atom. The summed E-state index contributed by atoms with van der Waals surface area (Å²) < 4.78 is 36.4. The van der Waals surface area contributed by atoms with Crippen LogP contribution in [0.2, 0.25) is 0 Å². The van der Waals surface area contributed by atoms with Crippen molar-refractivity contribution in [2.75, 3.05) is 17.4 Å². The number of nitrogens with zero attached hydrogens (tertiary/aromatic N) is 2. The molecule has 2 atom stereocenters. The number of hydrogen-bond acceptors (Lipinski definition) is 5. The number of carbonyl (C=O) groups excluding carboxylic acids is 2. The van der Waals surface area contributed by atoms with Crippen molar-refractivity contribution in [1.82, 2.24) is 9.62 Å². The van der Waals surface area contributed by atoms with Crippen LogP contribution < -0.4 is 9.03 Å². The van der Waals surface area contributed by atoms with E-state index >= 15 is 4.39 Å². The first kappa shape index (κ1) is 24.0. The van der Waals surface area contributed by atoms with Crippen molar-refractivity contribution >= 4 is 34.4 Å². The van der Waals surface area contributed by atoms with Crippen LogP contribution in [0.1, 0.15) is 53.0 Å². The third kappa shape index (κ3) is 5.23. The molecule has 1 aromatic carbocycles. The molecule has 3 rings (SSSR count). The van der Waals surface area contributed by atoms with Crippen LogP contribution in [0.25, 0.3) is 5.57 Å². The largest absolute Gasteiger partial charge is 0.506 e. The molecule has 2 heterocycles. The van der Waals surface area contributed by atoms with Gasteiger partial charge >= 0.3 is 6.09 Å². The number of amides is 2. The first-order valence-electron chi connectivity index (χ1n) is 10.6. The van der Waals surface area contributed by atoms with Gasteiger partial charge in [0.05, 0.1) is 12.6 Å². The number of anilines is 1. The molecule has 2 amide bonds. The highest BCUT2D eigenvalue weighted by Crippen LogP contribution is 2.39. The molecule has 0 aromatic heterocycles. The summed E-state index contributed by atoms with van der Waals surface area (Å²) in [6, 6.07) is 2.46. The predicted octanol–water partition coefficient (Wildman–Crippen LogP) is 3.49. The highest BCUT2D eigenvalue weighted by molar-refractivity contribution is 7.85. The number of carbonyl (C=O) groups is 2. The average molecular weight is 468 g/mol. The van der Waals surface area contributed by atoms with Crippen molar-refractivity contribution in [2.45, 2.75) is 59.1 Å². The fraction of sp³-hybridized carbons (Fsp3) is 0.545. The number of phenolic OH excluding ortho intramolecular Hbond substituents is 1. The fourth-order valence-electron chi connectivity index (χ4n) is 3.69. The van der Waals surface area contributed by atoms with E-state index in [0.717, 1.165) is 10.7 Å². The van der Waals surface area contributed by atoms with Gasteiger partial charge in [0.15, 0.2) is 5.82 Å². The SMILES string of the molecule is CC(C)CCC1C=C(c2ccc(O)c(N3CC(=O)NS3=O)c2F)CN1C(=O)OC(C)(C)C. The van der Waals surface area contributed by atoms with Gasteiger partial charge in [-0.3, -0.25) is 18.7 Å². The van der Waals surface area contributed by atoms with Crippen LogP contribution in [0.5, 0.6) is 5.75 Å². The maximum absolute atomic E-state index is 15.5. The van der Waals surface area contributed by atoms with Crippen LogP contribution in [0.15, 0.2) is 18.2 Å². The first-order chi connectivity index (χ1) is 14.9. The third-order valence-corrected chi connectivity index (χ3v) is 6.30. The molecule has 10 heteroatoms. The number of rotatable bonds is 5. The van der Waals surface area contributed by atoms with Gasteiger partial charge in [0.1, 0.15) is 23.6 Å². The van der Waals surface area contributed by atoms with Crippen LogP contribution >= 0.6 is 0 Å². The van der Waals surface area contributed by atoms with E-state index in [-0.39, 0.29) is 30.4 Å². The molecular weight excluding hydrogens is 437 g/mol. The van der Waals surface area contributed by atoms with Crippen molar-refractivity contribution in [1.29, 1.82) is 0 Å². The zero-order chi connectivity index (χ0) is 23.8. The minimum atomic E-state index is -1.98. The van der Waals surface area contributed by atoms with Crippen molar-refractivity contribution in [3.8, 4) is 5.75 Å². The van der Waals surface area contributed by atoms with E-state index in [1.165, 1.54) is 12.1 Å². The minimum absolute atomic E-state index is 0.138. The Morgan fingerprint density at radius 2 is 2.03 bits per heavy atom. The summed E-state index contributed by atoms with van der Waals surface area (Å²) in [5, 5.41) is 10.2. The van der Waals surface area contributed by atoms with E-state index in [2.05, 4.69) is 18.6 Å². The maximum atomic E-state index is 15.5. The summed E-state index contributed by atoms with van der Waals surface area (Å²) in [6.07, 6.45) is 2.93. The number of phenols is 1. The summed E-state index contributed by atoms with van der Waals surface area (Å²) in [7, 11) is 0. The highest BCUT2D eigenvalue weighted by atomic mass is 32.2. The number of ether oxygens (including phenoxy) is 1. The molecule has 0 bridgehead atoms. The lowest BCUT2D eigenvalue weighted by Gasteiger charge is -2.29. The van der Waals surface area contributed by atoms with Crippen LogP contribution in [0.3, 0.4) is 0 Å². The molecule has 0 aliphatic carbocycles. The third-order valence-electron chi connectivity index (χ3n) is 5.18. The van der Waals surface area contributed by atoms with Crippen molar-refractivity contribution < 1.29 is 28.0 Å². The van der Waals surface area contributed by atoms with Gasteiger partial charge in [0.25, 0.3) is 5.91 Å². The summed E-state index contributed by atoms with van der Waals surface area (Å²) >= 11 is -1.98. The van der Waals surface area contributed by atoms with Gasteiger partial charge in [-0.15, -0.1) is 0 Å². The Hall–Kier alpha value is -2.62. The van der Waals surface area contributed by atoms with E-state index in [0.29, 0.717) is 17.9 Å². The summed E-state index contributed by atoms with van der Waals surface area (Å²) in [6.45, 7) is 9.35. The van der Waals surface area contributed by atoms with Gasteiger partial charge < -0.3 is 9.84 Å². The van der Waals surface area contributed by atoms with Gasteiger partial charge in [0, 0.05) is 5.56 Å². The van der Waals surface area contributed by atoms with Gasteiger partial charge in [0.2, 0.25) is 11.2 Å². The monoisotopic (exact) mass is 467 g/mol. The predicted molar refractivity (Wildman–Crippen MR) is 120 cm³/mol. The Balaban J connectivity index is 1.95.